The Kier molecular flexibility index (Phi) is 6.07. The molecule has 0 aliphatic heterocycles. The first kappa shape index (κ1) is 30.5. The molecule has 57 heavy (non-hydrogen) atoms. The minimum atomic E-state index is 0.630. The van der Waals surface area contributed by atoms with E-state index in [1.807, 2.05) is 36.4 Å². The van der Waals surface area contributed by atoms with Crippen molar-refractivity contribution in [2.75, 3.05) is 0 Å². The number of rotatable bonds is 4. The highest BCUT2D eigenvalue weighted by molar-refractivity contribution is 6.31. The van der Waals surface area contributed by atoms with Crippen LogP contribution in [0.2, 0.25) is 0 Å². The summed E-state index contributed by atoms with van der Waals surface area (Å²) in [6, 6.07) is 64.7. The summed E-state index contributed by atoms with van der Waals surface area (Å²) in [6.07, 6.45) is 0. The quantitative estimate of drug-likeness (QED) is 0.181. The Balaban J connectivity index is 1.29. The fourth-order valence-corrected chi connectivity index (χ4v) is 9.50. The van der Waals surface area contributed by atoms with Gasteiger partial charge in [0.15, 0.2) is 17.5 Å². The maximum atomic E-state index is 5.27. The second kappa shape index (κ2) is 11.4. The number of benzene rings is 8. The molecule has 0 spiro atoms. The zero-order chi connectivity index (χ0) is 37.2. The van der Waals surface area contributed by atoms with Gasteiger partial charge in [-0.3, -0.25) is 0 Å². The third kappa shape index (κ3) is 4.10. The van der Waals surface area contributed by atoms with Crippen LogP contribution in [0.5, 0.6) is 0 Å². The molecule has 264 valence electrons. The summed E-state index contributed by atoms with van der Waals surface area (Å²) in [4.78, 5) is 15.6. The Labute approximate surface area is 325 Å². The van der Waals surface area contributed by atoms with E-state index in [4.69, 9.17) is 15.0 Å². The minimum absolute atomic E-state index is 0.630. The number of fused-ring (bicyclic) bond motifs is 8. The summed E-state index contributed by atoms with van der Waals surface area (Å²) >= 11 is 0. The minimum Gasteiger partial charge on any atom is -0.309 e. The number of hydrogen-bond donors (Lipinski definition) is 0. The summed E-state index contributed by atoms with van der Waals surface area (Å²) in [5.74, 6) is 1.91. The summed E-state index contributed by atoms with van der Waals surface area (Å²) < 4.78 is 7.44. The van der Waals surface area contributed by atoms with Crippen LogP contribution >= 0.6 is 0 Å². The zero-order valence-corrected chi connectivity index (χ0v) is 30.5. The van der Waals surface area contributed by atoms with Gasteiger partial charge >= 0.3 is 0 Å². The second-order valence-electron chi connectivity index (χ2n) is 14.8. The van der Waals surface area contributed by atoms with Crippen LogP contribution in [0.25, 0.3) is 116 Å². The molecule has 0 saturated heterocycles. The van der Waals surface area contributed by atoms with Crippen LogP contribution in [0.15, 0.2) is 182 Å². The largest absolute Gasteiger partial charge is 0.309 e. The lowest BCUT2D eigenvalue weighted by Crippen LogP contribution is -2.01. The molecule has 8 aromatic carbocycles. The Hall–Kier alpha value is -7.83. The Morgan fingerprint density at radius 3 is 1.58 bits per heavy atom. The lowest BCUT2D eigenvalue weighted by atomic mass is 10.1. The van der Waals surface area contributed by atoms with E-state index < -0.39 is 0 Å². The van der Waals surface area contributed by atoms with Crippen molar-refractivity contribution in [3.05, 3.63) is 182 Å². The Morgan fingerprint density at radius 2 is 0.825 bits per heavy atom. The maximum absolute atomic E-state index is 5.27. The highest BCUT2D eigenvalue weighted by atomic mass is 15.1. The van der Waals surface area contributed by atoms with E-state index in [0.717, 1.165) is 44.3 Å². The molecular formula is C51H30N6. The van der Waals surface area contributed by atoms with Crippen LogP contribution in [0.3, 0.4) is 0 Å². The molecule has 0 unspecified atom stereocenters. The third-order valence-electron chi connectivity index (χ3n) is 11.8. The summed E-state index contributed by atoms with van der Waals surface area (Å²) in [5, 5.41) is 7.21. The fourth-order valence-electron chi connectivity index (χ4n) is 9.50. The molecule has 0 saturated carbocycles. The van der Waals surface area contributed by atoms with Crippen molar-refractivity contribution in [3.8, 4) is 39.9 Å². The summed E-state index contributed by atoms with van der Waals surface area (Å²) in [5.41, 5.74) is 13.2. The van der Waals surface area contributed by atoms with Gasteiger partial charge < -0.3 is 13.4 Å². The van der Waals surface area contributed by atoms with Gasteiger partial charge in [-0.25, -0.2) is 15.0 Å². The van der Waals surface area contributed by atoms with Gasteiger partial charge in [0.2, 0.25) is 0 Å². The van der Waals surface area contributed by atoms with Gasteiger partial charge in [-0.1, -0.05) is 133 Å². The molecule has 13 aromatic rings. The van der Waals surface area contributed by atoms with Crippen LogP contribution in [-0.4, -0.2) is 28.3 Å². The predicted molar refractivity (Wildman–Crippen MR) is 234 cm³/mol. The van der Waals surface area contributed by atoms with E-state index in [0.29, 0.717) is 17.5 Å². The highest BCUT2D eigenvalue weighted by Gasteiger charge is 2.26. The highest BCUT2D eigenvalue weighted by Crippen LogP contribution is 2.46. The molecule has 5 aromatic heterocycles. The Bertz CT molecular complexity index is 3670. The topological polar surface area (TPSA) is 52.4 Å². The number of aromatic nitrogens is 6. The van der Waals surface area contributed by atoms with Gasteiger partial charge in [0.05, 0.1) is 44.1 Å². The standard InChI is InChI=1S/C51H30N6/c1-4-15-31(16-5-1)49-52-50(32-17-6-2-7-18-32)54-51(53-49)38-24-12-22-36-37-29-30-42-45-44-40(55(42)33-19-8-3-9-20-33)26-14-27-41(44)56-39-25-11-10-21-34(39)35-23-13-28-43(47(35)56)57(46(36)38)48(37)45/h1-30H. The van der Waals surface area contributed by atoms with Crippen molar-refractivity contribution in [1.29, 1.82) is 0 Å². The van der Waals surface area contributed by atoms with E-state index >= 15 is 0 Å². The Morgan fingerprint density at radius 1 is 0.298 bits per heavy atom. The van der Waals surface area contributed by atoms with E-state index in [9.17, 15) is 0 Å². The number of nitrogens with zero attached hydrogens (tertiary/aromatic N) is 6. The van der Waals surface area contributed by atoms with Crippen LogP contribution in [0.1, 0.15) is 0 Å². The van der Waals surface area contributed by atoms with Crippen LogP contribution < -0.4 is 0 Å². The van der Waals surface area contributed by atoms with Gasteiger partial charge in [-0.2, -0.15) is 0 Å². The molecule has 6 nitrogen and oxygen atoms in total. The van der Waals surface area contributed by atoms with E-state index in [1.165, 1.54) is 54.5 Å². The summed E-state index contributed by atoms with van der Waals surface area (Å²) in [6.45, 7) is 0. The molecule has 0 bridgehead atoms. The number of para-hydroxylation sites is 4. The van der Waals surface area contributed by atoms with Crippen molar-refractivity contribution in [1.82, 2.24) is 28.3 Å². The van der Waals surface area contributed by atoms with Crippen LogP contribution in [-0.2, 0) is 0 Å². The van der Waals surface area contributed by atoms with Gasteiger partial charge in [-0.15, -0.1) is 0 Å². The van der Waals surface area contributed by atoms with Crippen molar-refractivity contribution >= 4 is 76.5 Å². The van der Waals surface area contributed by atoms with E-state index in [2.05, 4.69) is 159 Å². The van der Waals surface area contributed by atoms with Crippen LogP contribution in [0, 0.1) is 0 Å². The third-order valence-corrected chi connectivity index (χ3v) is 11.8. The van der Waals surface area contributed by atoms with E-state index in [1.54, 1.807) is 0 Å². The molecule has 13 rings (SSSR count). The molecule has 0 atom stereocenters. The smallest absolute Gasteiger partial charge is 0.166 e. The molecule has 0 amide bonds. The van der Waals surface area contributed by atoms with Gasteiger partial charge in [0, 0.05) is 54.7 Å². The first-order valence-corrected chi connectivity index (χ1v) is 19.3. The molecule has 0 aliphatic rings. The average Bonchev–Trinajstić information content (AvgIpc) is 3.92. The zero-order valence-electron chi connectivity index (χ0n) is 30.5. The van der Waals surface area contributed by atoms with Gasteiger partial charge in [-0.05, 0) is 48.5 Å². The van der Waals surface area contributed by atoms with Crippen molar-refractivity contribution in [3.63, 3.8) is 0 Å². The molecule has 0 N–H and O–H groups in total. The first-order chi connectivity index (χ1) is 28.3. The molecule has 0 aliphatic carbocycles. The van der Waals surface area contributed by atoms with Gasteiger partial charge in [0.1, 0.15) is 0 Å². The van der Waals surface area contributed by atoms with Crippen molar-refractivity contribution < 1.29 is 0 Å². The lowest BCUT2D eigenvalue weighted by molar-refractivity contribution is 1.07. The fraction of sp³-hybridized carbons (Fsp3) is 0. The predicted octanol–water partition coefficient (Wildman–Crippen LogP) is 12.5. The van der Waals surface area contributed by atoms with Crippen molar-refractivity contribution in [2.45, 2.75) is 0 Å². The van der Waals surface area contributed by atoms with Crippen molar-refractivity contribution in [2.24, 2.45) is 0 Å². The second-order valence-corrected chi connectivity index (χ2v) is 14.8. The van der Waals surface area contributed by atoms with E-state index in [-0.39, 0.29) is 0 Å². The van der Waals surface area contributed by atoms with Crippen LogP contribution in [0.4, 0.5) is 0 Å². The maximum Gasteiger partial charge on any atom is 0.166 e. The SMILES string of the molecule is c1ccc(-c2nc(-c3ccccc3)nc(-c3cccc4c5ccc6c7c8c(cccc8n8c9ccccc9c9cccc(c98)n(c34)c57)n6-c3ccccc3)n2)cc1. The molecule has 0 radical (unpaired) electrons. The monoisotopic (exact) mass is 726 g/mol. The number of hydrogen-bond acceptors (Lipinski definition) is 3. The molecule has 5 heterocycles. The lowest BCUT2D eigenvalue weighted by Gasteiger charge is -2.12. The summed E-state index contributed by atoms with van der Waals surface area (Å²) in [7, 11) is 0. The normalized spacial score (nSPS) is 12.2. The molecule has 0 fully saturated rings. The molecule has 6 heteroatoms. The van der Waals surface area contributed by atoms with Gasteiger partial charge in [0.25, 0.3) is 0 Å². The molecular weight excluding hydrogens is 697 g/mol. The average molecular weight is 727 g/mol. The first-order valence-electron chi connectivity index (χ1n) is 19.3.